The summed E-state index contributed by atoms with van der Waals surface area (Å²) < 4.78 is 108. The quantitative estimate of drug-likeness (QED) is 0.0712. The van der Waals surface area contributed by atoms with Crippen LogP contribution in [0.15, 0.2) is 103 Å². The fraction of sp³-hybridized carbons (Fsp3) is 0.341. The highest BCUT2D eigenvalue weighted by molar-refractivity contribution is 5.83. The number of nitrogens with two attached hydrogens (primary N) is 2. The molecule has 1 fully saturated rings. The van der Waals surface area contributed by atoms with Gasteiger partial charge in [-0.15, -0.1) is 0 Å². The Balaban J connectivity index is 0.00000119. The maximum Gasteiger partial charge on any atom is 0.416 e. The maximum atomic E-state index is 14.0. The molecule has 0 saturated heterocycles. The third-order valence-corrected chi connectivity index (χ3v) is 9.18. The Bertz CT molecular complexity index is 2040. The molecule has 0 aliphatic heterocycles. The molecule has 6 rings (SSSR count). The van der Waals surface area contributed by atoms with E-state index in [0.29, 0.717) is 93.0 Å². The Morgan fingerprint density at radius 1 is 0.672 bits per heavy atom. The smallest absolute Gasteiger partial charge is 0.416 e. The van der Waals surface area contributed by atoms with E-state index in [1.807, 2.05) is 55.5 Å². The summed E-state index contributed by atoms with van der Waals surface area (Å²) in [6, 6.07) is 23.6. The van der Waals surface area contributed by atoms with E-state index in [-0.39, 0.29) is 24.0 Å². The molecule has 8 nitrogen and oxygen atoms in total. The van der Waals surface area contributed by atoms with E-state index < -0.39 is 23.5 Å². The number of rotatable bonds is 17. The first-order chi connectivity index (χ1) is 27.8. The Morgan fingerprint density at radius 3 is 1.71 bits per heavy atom. The van der Waals surface area contributed by atoms with Crippen molar-refractivity contribution < 1.29 is 45.3 Å². The van der Waals surface area contributed by atoms with E-state index in [4.69, 9.17) is 35.4 Å². The van der Waals surface area contributed by atoms with Crippen LogP contribution in [0.3, 0.4) is 0 Å². The predicted molar refractivity (Wildman–Crippen MR) is 212 cm³/mol. The first-order valence-corrected chi connectivity index (χ1v) is 18.8. The van der Waals surface area contributed by atoms with Crippen LogP contribution in [0.4, 0.5) is 26.3 Å². The molecule has 1 saturated carbocycles. The van der Waals surface area contributed by atoms with Gasteiger partial charge in [0.1, 0.15) is 11.6 Å². The molecule has 58 heavy (non-hydrogen) atoms. The molecule has 0 amide bonds. The molecule has 5 aromatic rings. The fourth-order valence-electron chi connectivity index (χ4n) is 5.91. The number of allylic oxidation sites excluding steroid dienone is 1. The van der Waals surface area contributed by atoms with Crippen LogP contribution >= 0.6 is 0 Å². The molecule has 14 heteroatoms. The number of halogens is 6. The lowest BCUT2D eigenvalue weighted by Crippen LogP contribution is -2.13. The lowest BCUT2D eigenvalue weighted by atomic mass is 10.0. The minimum absolute atomic E-state index is 0.0476. The van der Waals surface area contributed by atoms with Crippen molar-refractivity contribution in [2.75, 3.05) is 53.3 Å². The normalized spacial score (nSPS) is 12.6. The van der Waals surface area contributed by atoms with Crippen LogP contribution in [0.1, 0.15) is 40.7 Å². The van der Waals surface area contributed by atoms with Crippen molar-refractivity contribution >= 4 is 0 Å². The minimum Gasteiger partial charge on any atom is -0.497 e. The summed E-state index contributed by atoms with van der Waals surface area (Å²) in [7, 11) is 1.52. The number of nitrogens with zero attached hydrogens (tertiary/aromatic N) is 2. The van der Waals surface area contributed by atoms with Crippen LogP contribution in [0.5, 0.6) is 5.75 Å². The van der Waals surface area contributed by atoms with Gasteiger partial charge in [0.2, 0.25) is 0 Å². The van der Waals surface area contributed by atoms with Crippen LogP contribution < -0.4 is 16.2 Å². The van der Waals surface area contributed by atoms with Crippen molar-refractivity contribution in [2.24, 2.45) is 11.5 Å². The molecule has 310 valence electrons. The zero-order valence-corrected chi connectivity index (χ0v) is 32.5. The summed E-state index contributed by atoms with van der Waals surface area (Å²) >= 11 is 0. The van der Waals surface area contributed by atoms with Crippen LogP contribution in [0, 0.1) is 6.92 Å². The van der Waals surface area contributed by atoms with Crippen molar-refractivity contribution in [3.05, 3.63) is 131 Å². The number of imidazole rings is 1. The monoisotopic (exact) mass is 810 g/mol. The van der Waals surface area contributed by atoms with Gasteiger partial charge in [-0.1, -0.05) is 59.7 Å². The lowest BCUT2D eigenvalue weighted by Gasteiger charge is -2.17. The lowest BCUT2D eigenvalue weighted by molar-refractivity contribution is -0.143. The summed E-state index contributed by atoms with van der Waals surface area (Å²) in [6.07, 6.45) is -5.25. The molecule has 0 atom stereocenters. The number of methoxy groups -OCH3 is 1. The summed E-state index contributed by atoms with van der Waals surface area (Å²) in [5.74, 6) is 0.526. The molecule has 0 spiro atoms. The standard InChI is InChI=1S/C40H41F6N3O4.C4H7N/c1-27-3-9-30(10-4-27)36-37(31-11-13-35(50-2)14-12-31)49(38(48-36)32-23-33(39(41,42)43)25-34(24-32)40(44,45)46)26-29-7-5-28(6-8-29)15-17-51-19-21-53-22-20-52-18-16-47;5-3-4-1-2-4/h3-14,23-25H,15-22,26,47H2,1-2H3;3H,1-2,5H2. The molecular formula is C44H48F6N4O4. The van der Waals surface area contributed by atoms with Gasteiger partial charge in [0, 0.05) is 29.8 Å². The number of aryl methyl sites for hydroxylation is 1. The summed E-state index contributed by atoms with van der Waals surface area (Å²) in [5, 5.41) is 0. The third-order valence-electron chi connectivity index (χ3n) is 9.18. The molecule has 0 radical (unpaired) electrons. The fourth-order valence-corrected chi connectivity index (χ4v) is 5.91. The Morgan fingerprint density at radius 2 is 1.21 bits per heavy atom. The van der Waals surface area contributed by atoms with Crippen LogP contribution in [-0.2, 0) is 39.5 Å². The molecule has 1 aliphatic rings. The van der Waals surface area contributed by atoms with Gasteiger partial charge < -0.3 is 35.0 Å². The molecule has 1 heterocycles. The summed E-state index contributed by atoms with van der Waals surface area (Å²) in [6.45, 7) is 5.16. The van der Waals surface area contributed by atoms with E-state index in [1.54, 1.807) is 35.0 Å². The second-order valence-corrected chi connectivity index (χ2v) is 13.6. The van der Waals surface area contributed by atoms with Gasteiger partial charge in [-0.05, 0) is 86.0 Å². The van der Waals surface area contributed by atoms with Gasteiger partial charge in [0.05, 0.1) is 69.3 Å². The van der Waals surface area contributed by atoms with E-state index in [9.17, 15) is 26.3 Å². The van der Waals surface area contributed by atoms with Gasteiger partial charge >= 0.3 is 12.4 Å². The van der Waals surface area contributed by atoms with Gasteiger partial charge in [-0.25, -0.2) is 4.98 Å². The topological polar surface area (TPSA) is 107 Å². The van der Waals surface area contributed by atoms with Crippen molar-refractivity contribution in [1.82, 2.24) is 9.55 Å². The van der Waals surface area contributed by atoms with Gasteiger partial charge in [0.15, 0.2) is 0 Å². The number of benzene rings is 4. The second-order valence-electron chi connectivity index (χ2n) is 13.6. The molecule has 0 unspecified atom stereocenters. The van der Waals surface area contributed by atoms with Crippen LogP contribution in [0.25, 0.3) is 33.9 Å². The molecule has 1 aliphatic carbocycles. The zero-order valence-electron chi connectivity index (χ0n) is 32.5. The molecular weight excluding hydrogens is 762 g/mol. The van der Waals surface area contributed by atoms with Gasteiger partial charge in [-0.3, -0.25) is 0 Å². The Hall–Kier alpha value is -5.15. The van der Waals surface area contributed by atoms with Gasteiger partial charge in [-0.2, -0.15) is 26.3 Å². The zero-order chi connectivity index (χ0) is 41.7. The number of alkyl halides is 6. The number of hydrogen-bond acceptors (Lipinski definition) is 7. The van der Waals surface area contributed by atoms with E-state index in [0.717, 1.165) is 16.7 Å². The molecule has 0 bridgehead atoms. The molecule has 4 aromatic carbocycles. The number of hydrogen-bond donors (Lipinski definition) is 2. The SMILES string of the molecule is COc1ccc(-c2c(-c3ccc(C)cc3)nc(-c3cc(C(F)(F)F)cc(C(F)(F)F)c3)n2Cc2ccc(CCOCCOCCOCCN)cc2)cc1.NC=C1CC1. The minimum atomic E-state index is -5.03. The van der Waals surface area contributed by atoms with E-state index in [1.165, 1.54) is 25.5 Å². The number of ether oxygens (including phenoxy) is 4. The van der Waals surface area contributed by atoms with Crippen molar-refractivity contribution in [3.8, 4) is 39.7 Å². The average molecular weight is 811 g/mol. The average Bonchev–Trinajstić information content (AvgIpc) is 3.99. The van der Waals surface area contributed by atoms with Crippen molar-refractivity contribution in [3.63, 3.8) is 0 Å². The van der Waals surface area contributed by atoms with Crippen molar-refractivity contribution in [2.45, 2.75) is 45.1 Å². The number of aromatic nitrogens is 2. The highest BCUT2D eigenvalue weighted by Gasteiger charge is 2.38. The van der Waals surface area contributed by atoms with Crippen LogP contribution in [0.2, 0.25) is 0 Å². The first-order valence-electron chi connectivity index (χ1n) is 18.8. The highest BCUT2D eigenvalue weighted by atomic mass is 19.4. The Kier molecular flexibility index (Phi) is 15.5. The van der Waals surface area contributed by atoms with Crippen molar-refractivity contribution in [1.29, 1.82) is 0 Å². The highest BCUT2D eigenvalue weighted by Crippen LogP contribution is 2.42. The Labute approximate surface area is 334 Å². The third kappa shape index (κ3) is 12.7. The largest absolute Gasteiger partial charge is 0.497 e. The van der Waals surface area contributed by atoms with Crippen LogP contribution in [-0.4, -0.2) is 62.8 Å². The second kappa shape index (κ2) is 20.5. The van der Waals surface area contributed by atoms with E-state index >= 15 is 0 Å². The van der Waals surface area contributed by atoms with E-state index in [2.05, 4.69) is 0 Å². The molecule has 4 N–H and O–H groups in total. The maximum absolute atomic E-state index is 14.0. The van der Waals surface area contributed by atoms with Gasteiger partial charge in [0.25, 0.3) is 0 Å². The summed E-state index contributed by atoms with van der Waals surface area (Å²) in [4.78, 5) is 4.81. The predicted octanol–water partition coefficient (Wildman–Crippen LogP) is 9.46. The first kappa shape index (κ1) is 44.0. The summed E-state index contributed by atoms with van der Waals surface area (Å²) in [5.41, 5.74) is 13.6. The molecule has 1 aromatic heterocycles.